The second-order valence-electron chi connectivity index (χ2n) is 4.53. The first-order valence-corrected chi connectivity index (χ1v) is 6.15. The van der Waals surface area contributed by atoms with Crippen molar-refractivity contribution in [1.82, 2.24) is 5.32 Å². The molecule has 1 fully saturated rings. The van der Waals surface area contributed by atoms with E-state index >= 15 is 0 Å². The highest BCUT2D eigenvalue weighted by atomic mass is 16.5. The van der Waals surface area contributed by atoms with Crippen LogP contribution in [0.25, 0.3) is 0 Å². The van der Waals surface area contributed by atoms with Crippen molar-refractivity contribution in [2.45, 2.75) is 43.8 Å². The fraction of sp³-hybridized carbons (Fsp3) is 0.833. The molecule has 18 heavy (non-hydrogen) atoms. The molecule has 0 spiro atoms. The van der Waals surface area contributed by atoms with Crippen LogP contribution in [-0.2, 0) is 19.1 Å². The van der Waals surface area contributed by atoms with E-state index in [-0.39, 0.29) is 12.5 Å². The lowest BCUT2D eigenvalue weighted by molar-refractivity contribution is -0.151. The summed E-state index contributed by atoms with van der Waals surface area (Å²) in [5, 5.41) is 11.4. The van der Waals surface area contributed by atoms with Crippen molar-refractivity contribution >= 4 is 11.9 Å². The molecule has 1 atom stereocenters. The number of carboxylic acid groups (broad SMARTS) is 1. The molecule has 0 aromatic heterocycles. The Bertz CT molecular complexity index is 299. The predicted octanol–water partition coefficient (Wildman–Crippen LogP) is 0.551. The highest BCUT2D eigenvalue weighted by molar-refractivity contribution is 5.86. The zero-order chi connectivity index (χ0) is 13.6. The Kier molecular flexibility index (Phi) is 5.55. The van der Waals surface area contributed by atoms with Crippen LogP contribution in [0.3, 0.4) is 0 Å². The highest BCUT2D eigenvalue weighted by Gasteiger charge is 2.39. The van der Waals surface area contributed by atoms with Gasteiger partial charge in [-0.3, -0.25) is 4.79 Å². The minimum Gasteiger partial charge on any atom is -0.479 e. The van der Waals surface area contributed by atoms with Crippen molar-refractivity contribution in [1.29, 1.82) is 0 Å². The van der Waals surface area contributed by atoms with Crippen molar-refractivity contribution in [2.75, 3.05) is 20.8 Å². The molecule has 104 valence electrons. The van der Waals surface area contributed by atoms with Crippen molar-refractivity contribution in [3.63, 3.8) is 0 Å². The second-order valence-corrected chi connectivity index (χ2v) is 4.53. The molecule has 0 bridgehead atoms. The SMILES string of the molecule is COC(CNC(=O)C1(OC)CCCCC1)C(=O)O. The Morgan fingerprint density at radius 3 is 2.33 bits per heavy atom. The third kappa shape index (κ3) is 3.43. The van der Waals surface area contributed by atoms with Gasteiger partial charge in [0.05, 0.1) is 6.54 Å². The molecule has 1 amide bonds. The van der Waals surface area contributed by atoms with Gasteiger partial charge in [-0.15, -0.1) is 0 Å². The van der Waals surface area contributed by atoms with E-state index in [1.165, 1.54) is 14.2 Å². The Labute approximate surface area is 107 Å². The van der Waals surface area contributed by atoms with E-state index in [4.69, 9.17) is 14.6 Å². The van der Waals surface area contributed by atoms with Crippen LogP contribution in [0, 0.1) is 0 Å². The van der Waals surface area contributed by atoms with Crippen LogP contribution < -0.4 is 5.32 Å². The average molecular weight is 259 g/mol. The van der Waals surface area contributed by atoms with Gasteiger partial charge in [-0.25, -0.2) is 4.79 Å². The number of methoxy groups -OCH3 is 2. The number of carbonyl (C=O) groups is 2. The molecule has 2 N–H and O–H groups in total. The summed E-state index contributed by atoms with van der Waals surface area (Å²) in [7, 11) is 2.83. The van der Waals surface area contributed by atoms with Crippen molar-refractivity contribution in [2.24, 2.45) is 0 Å². The monoisotopic (exact) mass is 259 g/mol. The maximum atomic E-state index is 12.1. The molecule has 0 heterocycles. The predicted molar refractivity (Wildman–Crippen MR) is 64.3 cm³/mol. The molecule has 1 aliphatic rings. The lowest BCUT2D eigenvalue weighted by Gasteiger charge is -2.34. The molecular weight excluding hydrogens is 238 g/mol. The van der Waals surface area contributed by atoms with Crippen LogP contribution in [0.2, 0.25) is 0 Å². The third-order valence-electron chi connectivity index (χ3n) is 3.47. The van der Waals surface area contributed by atoms with Gasteiger partial charge in [-0.05, 0) is 12.8 Å². The maximum Gasteiger partial charge on any atom is 0.334 e. The Balaban J connectivity index is 2.54. The number of ether oxygens (including phenoxy) is 2. The largest absolute Gasteiger partial charge is 0.479 e. The Morgan fingerprint density at radius 1 is 1.28 bits per heavy atom. The summed E-state index contributed by atoms with van der Waals surface area (Å²) >= 11 is 0. The van der Waals surface area contributed by atoms with Gasteiger partial charge in [0.2, 0.25) is 0 Å². The van der Waals surface area contributed by atoms with E-state index in [1.807, 2.05) is 0 Å². The van der Waals surface area contributed by atoms with Gasteiger partial charge in [-0.2, -0.15) is 0 Å². The normalized spacial score (nSPS) is 20.1. The number of rotatable bonds is 6. The molecule has 6 nitrogen and oxygen atoms in total. The van der Waals surface area contributed by atoms with E-state index in [0.29, 0.717) is 12.8 Å². The van der Waals surface area contributed by atoms with Crippen LogP contribution in [0.1, 0.15) is 32.1 Å². The van der Waals surface area contributed by atoms with Crippen molar-refractivity contribution < 1.29 is 24.2 Å². The molecule has 1 rings (SSSR count). The van der Waals surface area contributed by atoms with Gasteiger partial charge in [0.15, 0.2) is 6.10 Å². The zero-order valence-corrected chi connectivity index (χ0v) is 10.9. The number of amides is 1. The second kappa shape index (κ2) is 6.70. The zero-order valence-electron chi connectivity index (χ0n) is 10.9. The molecule has 0 aliphatic heterocycles. The third-order valence-corrected chi connectivity index (χ3v) is 3.47. The smallest absolute Gasteiger partial charge is 0.334 e. The van der Waals surface area contributed by atoms with Crippen molar-refractivity contribution in [3.05, 3.63) is 0 Å². The first-order chi connectivity index (χ1) is 8.55. The summed E-state index contributed by atoms with van der Waals surface area (Å²) in [6.45, 7) is -0.0459. The average Bonchev–Trinajstić information content (AvgIpc) is 2.39. The fourth-order valence-electron chi connectivity index (χ4n) is 2.26. The van der Waals surface area contributed by atoms with Crippen LogP contribution in [0.4, 0.5) is 0 Å². The van der Waals surface area contributed by atoms with E-state index in [0.717, 1.165) is 19.3 Å². The summed E-state index contributed by atoms with van der Waals surface area (Å²) in [5.74, 6) is -1.33. The van der Waals surface area contributed by atoms with Crippen molar-refractivity contribution in [3.8, 4) is 0 Å². The molecular formula is C12H21NO5. The molecule has 1 saturated carbocycles. The first-order valence-electron chi connectivity index (χ1n) is 6.15. The lowest BCUT2D eigenvalue weighted by Crippen LogP contribution is -2.52. The first kappa shape index (κ1) is 14.9. The van der Waals surface area contributed by atoms with Crippen LogP contribution in [0.5, 0.6) is 0 Å². The summed E-state index contributed by atoms with van der Waals surface area (Å²) < 4.78 is 10.1. The summed E-state index contributed by atoms with van der Waals surface area (Å²) in [6.07, 6.45) is 3.35. The quantitative estimate of drug-likeness (QED) is 0.727. The Hall–Kier alpha value is -1.14. The molecule has 0 saturated heterocycles. The minimum absolute atomic E-state index is 0.0459. The summed E-state index contributed by atoms with van der Waals surface area (Å²) in [5.41, 5.74) is -0.797. The molecule has 6 heteroatoms. The number of aliphatic carboxylic acids is 1. The standard InChI is InChI=1S/C12H21NO5/c1-17-9(10(14)15)8-13-11(16)12(18-2)6-4-3-5-7-12/h9H,3-8H2,1-2H3,(H,13,16)(H,14,15). The van der Waals surface area contributed by atoms with Crippen LogP contribution in [0.15, 0.2) is 0 Å². The van der Waals surface area contributed by atoms with Gasteiger partial charge in [-0.1, -0.05) is 19.3 Å². The van der Waals surface area contributed by atoms with Crippen LogP contribution >= 0.6 is 0 Å². The molecule has 0 aromatic carbocycles. The van der Waals surface area contributed by atoms with Gasteiger partial charge >= 0.3 is 5.97 Å². The van der Waals surface area contributed by atoms with E-state index in [9.17, 15) is 9.59 Å². The van der Waals surface area contributed by atoms with E-state index in [1.54, 1.807) is 0 Å². The number of hydrogen-bond donors (Lipinski definition) is 2. The number of carbonyl (C=O) groups excluding carboxylic acids is 1. The van der Waals surface area contributed by atoms with E-state index < -0.39 is 17.7 Å². The minimum atomic E-state index is -1.09. The number of nitrogens with one attached hydrogen (secondary N) is 1. The molecule has 0 radical (unpaired) electrons. The van der Waals surface area contributed by atoms with E-state index in [2.05, 4.69) is 5.32 Å². The summed E-state index contributed by atoms with van der Waals surface area (Å²) in [4.78, 5) is 22.9. The fourth-order valence-corrected chi connectivity index (χ4v) is 2.26. The molecule has 1 unspecified atom stereocenters. The topological polar surface area (TPSA) is 84.9 Å². The number of carboxylic acids is 1. The maximum absolute atomic E-state index is 12.1. The van der Waals surface area contributed by atoms with Gasteiger partial charge < -0.3 is 19.9 Å². The number of hydrogen-bond acceptors (Lipinski definition) is 4. The molecule has 1 aliphatic carbocycles. The van der Waals surface area contributed by atoms with Gasteiger partial charge in [0.25, 0.3) is 5.91 Å². The highest BCUT2D eigenvalue weighted by Crippen LogP contribution is 2.31. The Morgan fingerprint density at radius 2 is 1.89 bits per heavy atom. The lowest BCUT2D eigenvalue weighted by atomic mass is 9.84. The molecule has 0 aromatic rings. The van der Waals surface area contributed by atoms with Crippen LogP contribution in [-0.4, -0.2) is 49.5 Å². The summed E-state index contributed by atoms with van der Waals surface area (Å²) in [6, 6.07) is 0. The van der Waals surface area contributed by atoms with Gasteiger partial charge in [0, 0.05) is 14.2 Å². The van der Waals surface area contributed by atoms with Gasteiger partial charge in [0.1, 0.15) is 5.60 Å².